The highest BCUT2D eigenvalue weighted by molar-refractivity contribution is 6.32. The van der Waals surface area contributed by atoms with E-state index < -0.39 is 5.82 Å². The van der Waals surface area contributed by atoms with Crippen LogP contribution in [0, 0.1) is 5.82 Å². The van der Waals surface area contributed by atoms with E-state index in [0.29, 0.717) is 35.2 Å². The second kappa shape index (κ2) is 8.61. The van der Waals surface area contributed by atoms with Crippen molar-refractivity contribution in [2.75, 3.05) is 11.4 Å². The summed E-state index contributed by atoms with van der Waals surface area (Å²) in [6, 6.07) is 16.9. The molecule has 1 heterocycles. The van der Waals surface area contributed by atoms with Crippen LogP contribution in [0.15, 0.2) is 67.2 Å². The summed E-state index contributed by atoms with van der Waals surface area (Å²) in [5.41, 5.74) is 8.73. The average Bonchev–Trinajstić information content (AvgIpc) is 3.14. The third-order valence-electron chi connectivity index (χ3n) is 5.20. The summed E-state index contributed by atoms with van der Waals surface area (Å²) in [5, 5.41) is 0.365. The summed E-state index contributed by atoms with van der Waals surface area (Å²) in [6.07, 6.45) is 0.358. The molecule has 1 amide bonds. The molecule has 3 aromatic rings. The van der Waals surface area contributed by atoms with E-state index in [1.54, 1.807) is 17.0 Å². The highest BCUT2D eigenvalue weighted by atomic mass is 35.5. The van der Waals surface area contributed by atoms with Gasteiger partial charge >= 0.3 is 0 Å². The van der Waals surface area contributed by atoms with Gasteiger partial charge in [-0.2, -0.15) is 0 Å². The monoisotopic (exact) mass is 456 g/mol. The normalized spacial score (nSPS) is 15.9. The van der Waals surface area contributed by atoms with Gasteiger partial charge in [-0.05, 0) is 47.5 Å². The first kappa shape index (κ1) is 21.2. The molecule has 7 heteroatoms. The predicted molar refractivity (Wildman–Crippen MR) is 122 cm³/mol. The molecular weight excluding hydrogens is 438 g/mol. The summed E-state index contributed by atoms with van der Waals surface area (Å²) in [7, 11) is 0. The molecule has 0 spiro atoms. The Kier molecular flexibility index (Phi) is 5.90. The van der Waals surface area contributed by atoms with Crippen molar-refractivity contribution < 1.29 is 13.9 Å². The van der Waals surface area contributed by atoms with Crippen molar-refractivity contribution in [3.63, 3.8) is 0 Å². The molecular formula is C24H19Cl2FN2O2. The topological polar surface area (TPSA) is 55.6 Å². The van der Waals surface area contributed by atoms with Crippen LogP contribution in [0.2, 0.25) is 10.0 Å². The molecule has 1 aliphatic heterocycles. The van der Waals surface area contributed by atoms with Gasteiger partial charge in [0, 0.05) is 36.3 Å². The number of halogens is 3. The molecule has 0 aromatic heterocycles. The maximum atomic E-state index is 13.4. The SMILES string of the molecule is C=C(N)c1cccc(N2C[C@@H](c3ccc(Cl)c(Oc4ccc(F)c(Cl)c4)c3)CC2=O)c1. The van der Waals surface area contributed by atoms with Gasteiger partial charge in [0.15, 0.2) is 0 Å². The zero-order valence-electron chi connectivity index (χ0n) is 16.4. The van der Waals surface area contributed by atoms with E-state index in [9.17, 15) is 9.18 Å². The van der Waals surface area contributed by atoms with Gasteiger partial charge in [0.1, 0.15) is 17.3 Å². The van der Waals surface area contributed by atoms with Crippen LogP contribution >= 0.6 is 23.2 Å². The van der Waals surface area contributed by atoms with Crippen LogP contribution in [0.1, 0.15) is 23.5 Å². The Labute approximate surface area is 189 Å². The fourth-order valence-electron chi connectivity index (χ4n) is 3.57. The van der Waals surface area contributed by atoms with Gasteiger partial charge in [0.05, 0.1) is 10.0 Å². The Bertz CT molecular complexity index is 1180. The average molecular weight is 457 g/mol. The zero-order valence-corrected chi connectivity index (χ0v) is 18.0. The Morgan fingerprint density at radius 2 is 1.90 bits per heavy atom. The van der Waals surface area contributed by atoms with Gasteiger partial charge in [-0.15, -0.1) is 0 Å². The van der Waals surface area contributed by atoms with Gasteiger partial charge in [-0.3, -0.25) is 4.79 Å². The van der Waals surface area contributed by atoms with Crippen LogP contribution in [0.3, 0.4) is 0 Å². The van der Waals surface area contributed by atoms with Crippen molar-refractivity contribution in [2.45, 2.75) is 12.3 Å². The van der Waals surface area contributed by atoms with Gasteiger partial charge < -0.3 is 15.4 Å². The summed E-state index contributed by atoms with van der Waals surface area (Å²) in [5.74, 6) is 0.240. The molecule has 3 aromatic carbocycles. The standard InChI is InChI=1S/C24H19Cl2FN2O2/c1-14(28)15-3-2-4-18(9-15)29-13-17(11-24(29)30)16-5-7-20(25)23(10-16)31-19-6-8-22(27)21(26)12-19/h2-10,12,17H,1,11,13,28H2/t17-/m0/s1. The summed E-state index contributed by atoms with van der Waals surface area (Å²) >= 11 is 12.1. The minimum Gasteiger partial charge on any atom is -0.456 e. The molecule has 0 bridgehead atoms. The quantitative estimate of drug-likeness (QED) is 0.484. The molecule has 1 atom stereocenters. The maximum Gasteiger partial charge on any atom is 0.227 e. The van der Waals surface area contributed by atoms with Crippen LogP contribution in [0.4, 0.5) is 10.1 Å². The second-order valence-electron chi connectivity index (χ2n) is 7.35. The number of carbonyl (C=O) groups excluding carboxylic acids is 1. The number of hydrogen-bond acceptors (Lipinski definition) is 3. The molecule has 0 saturated carbocycles. The van der Waals surface area contributed by atoms with Gasteiger partial charge in [0.25, 0.3) is 0 Å². The number of nitrogens with zero attached hydrogens (tertiary/aromatic N) is 1. The van der Waals surface area contributed by atoms with Crippen LogP contribution in [0.5, 0.6) is 11.5 Å². The lowest BCUT2D eigenvalue weighted by molar-refractivity contribution is -0.117. The Morgan fingerprint density at radius 1 is 1.10 bits per heavy atom. The molecule has 1 saturated heterocycles. The van der Waals surface area contributed by atoms with Crippen molar-refractivity contribution in [2.24, 2.45) is 5.73 Å². The van der Waals surface area contributed by atoms with Gasteiger partial charge in [-0.1, -0.05) is 48.0 Å². The van der Waals surface area contributed by atoms with Gasteiger partial charge in [0.2, 0.25) is 5.91 Å². The largest absolute Gasteiger partial charge is 0.456 e. The molecule has 31 heavy (non-hydrogen) atoms. The lowest BCUT2D eigenvalue weighted by atomic mass is 9.98. The Hall–Kier alpha value is -3.02. The molecule has 1 aliphatic rings. The number of hydrogen-bond donors (Lipinski definition) is 1. The number of benzene rings is 3. The number of carbonyl (C=O) groups is 1. The van der Waals surface area contributed by atoms with E-state index in [1.807, 2.05) is 30.3 Å². The third-order valence-corrected chi connectivity index (χ3v) is 5.80. The molecule has 2 N–H and O–H groups in total. The van der Waals surface area contributed by atoms with E-state index >= 15 is 0 Å². The smallest absolute Gasteiger partial charge is 0.227 e. The second-order valence-corrected chi connectivity index (χ2v) is 8.16. The third kappa shape index (κ3) is 4.53. The molecule has 0 aliphatic carbocycles. The summed E-state index contributed by atoms with van der Waals surface area (Å²) in [4.78, 5) is 14.5. The highest BCUT2D eigenvalue weighted by Crippen LogP contribution is 2.37. The van der Waals surface area contributed by atoms with E-state index in [0.717, 1.165) is 16.8 Å². The zero-order chi connectivity index (χ0) is 22.1. The van der Waals surface area contributed by atoms with Crippen LogP contribution in [-0.4, -0.2) is 12.5 Å². The molecule has 158 valence electrons. The number of amides is 1. The van der Waals surface area contributed by atoms with E-state index in [1.165, 1.54) is 18.2 Å². The lowest BCUT2D eigenvalue weighted by Crippen LogP contribution is -2.24. The summed E-state index contributed by atoms with van der Waals surface area (Å²) < 4.78 is 19.2. The fraction of sp³-hybridized carbons (Fsp3) is 0.125. The first-order valence-corrected chi connectivity index (χ1v) is 10.3. The summed E-state index contributed by atoms with van der Waals surface area (Å²) in [6.45, 7) is 4.27. The predicted octanol–water partition coefficient (Wildman–Crippen LogP) is 6.37. The first-order chi connectivity index (χ1) is 14.8. The minimum atomic E-state index is -0.527. The Morgan fingerprint density at radius 3 is 2.65 bits per heavy atom. The molecule has 4 nitrogen and oxygen atoms in total. The molecule has 0 radical (unpaired) electrons. The number of rotatable bonds is 5. The lowest BCUT2D eigenvalue weighted by Gasteiger charge is -2.18. The molecule has 0 unspecified atom stereocenters. The number of anilines is 1. The van der Waals surface area contributed by atoms with E-state index in [2.05, 4.69) is 6.58 Å². The first-order valence-electron chi connectivity index (χ1n) is 9.59. The minimum absolute atomic E-state index is 0.0209. The van der Waals surface area contributed by atoms with Crippen LogP contribution < -0.4 is 15.4 Å². The fourth-order valence-corrected chi connectivity index (χ4v) is 3.90. The number of ether oxygens (including phenoxy) is 1. The van der Waals surface area contributed by atoms with Gasteiger partial charge in [-0.25, -0.2) is 4.39 Å². The van der Waals surface area contributed by atoms with Crippen molar-refractivity contribution in [3.05, 3.63) is 94.2 Å². The molecule has 1 fully saturated rings. The molecule has 4 rings (SSSR count). The number of nitrogens with two attached hydrogens (primary N) is 1. The van der Waals surface area contributed by atoms with Crippen molar-refractivity contribution >= 4 is 40.5 Å². The van der Waals surface area contributed by atoms with Crippen molar-refractivity contribution in [1.82, 2.24) is 0 Å². The van der Waals surface area contributed by atoms with Crippen molar-refractivity contribution in [1.29, 1.82) is 0 Å². The van der Waals surface area contributed by atoms with Crippen LogP contribution in [-0.2, 0) is 4.79 Å². The van der Waals surface area contributed by atoms with E-state index in [-0.39, 0.29) is 16.8 Å². The highest BCUT2D eigenvalue weighted by Gasteiger charge is 2.32. The maximum absolute atomic E-state index is 13.4. The Balaban J connectivity index is 1.57. The van der Waals surface area contributed by atoms with E-state index in [4.69, 9.17) is 33.7 Å². The van der Waals surface area contributed by atoms with Crippen LogP contribution in [0.25, 0.3) is 5.70 Å². The van der Waals surface area contributed by atoms with Crippen molar-refractivity contribution in [3.8, 4) is 11.5 Å².